The number of hydrogen-bond donors (Lipinski definition) is 2. The lowest BCUT2D eigenvalue weighted by molar-refractivity contribution is -0.249. The van der Waals surface area contributed by atoms with E-state index in [2.05, 4.69) is 15.1 Å². The summed E-state index contributed by atoms with van der Waals surface area (Å²) in [7, 11) is 0. The second-order valence-electron chi connectivity index (χ2n) is 9.45. The number of aromatic nitrogens is 4. The van der Waals surface area contributed by atoms with Crippen molar-refractivity contribution in [1.82, 2.24) is 29.4 Å². The number of carbonyl (C=O) groups excluding carboxylic acids is 2. The quantitative estimate of drug-likeness (QED) is 0.500. The summed E-state index contributed by atoms with van der Waals surface area (Å²) in [4.78, 5) is 36.0. The van der Waals surface area contributed by atoms with Gasteiger partial charge >= 0.3 is 6.18 Å². The van der Waals surface area contributed by atoms with E-state index in [0.29, 0.717) is 40.7 Å². The van der Waals surface area contributed by atoms with E-state index in [1.807, 2.05) is 13.0 Å². The maximum Gasteiger partial charge on any atom is 0.426 e. The highest BCUT2D eigenvalue weighted by Gasteiger charge is 2.58. The average molecular weight is 521 g/mol. The largest absolute Gasteiger partial charge is 0.426 e. The molecule has 37 heavy (non-hydrogen) atoms. The third kappa shape index (κ3) is 3.86. The van der Waals surface area contributed by atoms with Crippen LogP contribution in [-0.4, -0.2) is 89.9 Å². The molecule has 5 heterocycles. The zero-order chi connectivity index (χ0) is 26.9. The summed E-state index contributed by atoms with van der Waals surface area (Å²) < 4.78 is 56.0. The monoisotopic (exact) mass is 521 g/mol. The van der Waals surface area contributed by atoms with Crippen LogP contribution in [0, 0.1) is 6.92 Å². The number of carbonyl (C=O) groups is 2. The molecule has 0 bridgehead atoms. The number of pyridine rings is 1. The van der Waals surface area contributed by atoms with Gasteiger partial charge in [-0.2, -0.15) is 18.3 Å². The molecule has 3 N–H and O–H groups in total. The minimum absolute atomic E-state index is 0.0812. The number of amides is 2. The van der Waals surface area contributed by atoms with E-state index in [9.17, 15) is 32.3 Å². The molecule has 10 nitrogen and oxygen atoms in total. The van der Waals surface area contributed by atoms with Gasteiger partial charge < -0.3 is 20.6 Å². The summed E-state index contributed by atoms with van der Waals surface area (Å²) in [6, 6.07) is 2.26. The zero-order valence-electron chi connectivity index (χ0n) is 19.8. The summed E-state index contributed by atoms with van der Waals surface area (Å²) in [6.45, 7) is 1.11. The third-order valence-corrected chi connectivity index (χ3v) is 7.00. The first-order chi connectivity index (χ1) is 17.3. The number of likely N-dealkylation sites (tertiary alicyclic amines) is 1. The Balaban J connectivity index is 1.43. The summed E-state index contributed by atoms with van der Waals surface area (Å²) in [5, 5.41) is 14.0. The molecule has 0 aromatic carbocycles. The minimum atomic E-state index is -5.23. The third-order valence-electron chi connectivity index (χ3n) is 7.00. The Morgan fingerprint density at radius 1 is 1.22 bits per heavy atom. The fourth-order valence-electron chi connectivity index (χ4n) is 4.91. The first-order valence-electron chi connectivity index (χ1n) is 11.4. The van der Waals surface area contributed by atoms with Crippen LogP contribution in [-0.2, 0) is 11.2 Å². The molecule has 0 spiro atoms. The van der Waals surface area contributed by atoms with Gasteiger partial charge in [0.2, 0.25) is 5.60 Å². The Hall–Kier alpha value is -3.81. The molecule has 0 radical (unpaired) electrons. The van der Waals surface area contributed by atoms with Gasteiger partial charge in [-0.25, -0.2) is 13.9 Å². The summed E-state index contributed by atoms with van der Waals surface area (Å²) in [5.74, 6) is -1.92. The first-order valence-corrected chi connectivity index (χ1v) is 11.4. The molecule has 3 unspecified atom stereocenters. The fraction of sp³-hybridized carbons (Fsp3) is 0.435. The number of fused-ring (bicyclic) bond motifs is 2. The van der Waals surface area contributed by atoms with Crippen LogP contribution in [0.25, 0.3) is 16.8 Å². The predicted molar refractivity (Wildman–Crippen MR) is 122 cm³/mol. The molecule has 3 aromatic heterocycles. The van der Waals surface area contributed by atoms with Crippen molar-refractivity contribution < 1.29 is 32.3 Å². The molecule has 3 atom stereocenters. The second-order valence-corrected chi connectivity index (χ2v) is 9.45. The number of nitrogens with two attached hydrogens (primary N) is 1. The van der Waals surface area contributed by atoms with E-state index in [1.54, 1.807) is 16.8 Å². The standard InChI is InChI=1S/C23H23F4N7O3/c1-11-5-16(34-18(11)19(28)30-10-31-34)12-6-13-15(29-7-12)3-4-33(20(13)35)17-9-32(8-14(17)24)21(36)22(2,37)23(25,26)27/h5-7,10,14,17,37H,3-4,8-9H2,1-2H3,(H2,28,30,31). The van der Waals surface area contributed by atoms with Gasteiger partial charge in [-0.3, -0.25) is 14.6 Å². The van der Waals surface area contributed by atoms with Crippen LogP contribution in [0.3, 0.4) is 0 Å². The van der Waals surface area contributed by atoms with Crippen molar-refractivity contribution in [2.45, 2.75) is 44.3 Å². The van der Waals surface area contributed by atoms with Crippen molar-refractivity contribution in [2.75, 3.05) is 25.4 Å². The van der Waals surface area contributed by atoms with Gasteiger partial charge in [0.1, 0.15) is 18.0 Å². The van der Waals surface area contributed by atoms with Crippen molar-refractivity contribution in [3.63, 3.8) is 0 Å². The molecule has 0 aliphatic carbocycles. The Morgan fingerprint density at radius 2 is 1.95 bits per heavy atom. The fourth-order valence-corrected chi connectivity index (χ4v) is 4.91. The number of nitrogen functional groups attached to an aromatic ring is 1. The summed E-state index contributed by atoms with van der Waals surface area (Å²) in [5.41, 5.74) is 5.61. The van der Waals surface area contributed by atoms with Crippen molar-refractivity contribution in [1.29, 1.82) is 0 Å². The van der Waals surface area contributed by atoms with Crippen molar-refractivity contribution >= 4 is 23.1 Å². The molecule has 2 amide bonds. The number of rotatable bonds is 3. The maximum absolute atomic E-state index is 15.0. The molecular formula is C23H23F4N7O3. The van der Waals surface area contributed by atoms with Gasteiger partial charge in [0.25, 0.3) is 11.8 Å². The van der Waals surface area contributed by atoms with Crippen LogP contribution < -0.4 is 5.73 Å². The van der Waals surface area contributed by atoms with E-state index < -0.39 is 48.9 Å². The van der Waals surface area contributed by atoms with E-state index in [1.165, 1.54) is 11.2 Å². The number of hydrogen-bond acceptors (Lipinski definition) is 7. The van der Waals surface area contributed by atoms with Crippen LogP contribution in [0.2, 0.25) is 0 Å². The van der Waals surface area contributed by atoms with Crippen molar-refractivity contribution in [3.05, 3.63) is 41.5 Å². The van der Waals surface area contributed by atoms with Crippen molar-refractivity contribution in [2.24, 2.45) is 0 Å². The van der Waals surface area contributed by atoms with Crippen LogP contribution in [0.5, 0.6) is 0 Å². The van der Waals surface area contributed by atoms with Crippen LogP contribution >= 0.6 is 0 Å². The lowest BCUT2D eigenvalue weighted by Gasteiger charge is -2.34. The molecular weight excluding hydrogens is 498 g/mol. The van der Waals surface area contributed by atoms with Crippen molar-refractivity contribution in [3.8, 4) is 11.3 Å². The molecule has 1 saturated heterocycles. The Labute approximate surface area is 207 Å². The molecule has 2 aliphatic rings. The average Bonchev–Trinajstić information content (AvgIpc) is 3.38. The molecule has 14 heteroatoms. The lowest BCUT2D eigenvalue weighted by atomic mass is 9.99. The Morgan fingerprint density at radius 3 is 2.65 bits per heavy atom. The minimum Gasteiger partial charge on any atom is -0.382 e. The Kier molecular flexibility index (Phi) is 5.62. The number of alkyl halides is 4. The van der Waals surface area contributed by atoms with Gasteiger partial charge in [0.05, 0.1) is 29.5 Å². The van der Waals surface area contributed by atoms with E-state index >= 15 is 0 Å². The van der Waals surface area contributed by atoms with Gasteiger partial charge in [0, 0.05) is 31.3 Å². The van der Waals surface area contributed by atoms with E-state index in [0.717, 1.165) is 5.56 Å². The van der Waals surface area contributed by atoms with Crippen LogP contribution in [0.15, 0.2) is 24.7 Å². The van der Waals surface area contributed by atoms with Crippen LogP contribution in [0.1, 0.15) is 28.5 Å². The van der Waals surface area contributed by atoms with E-state index in [4.69, 9.17) is 5.73 Å². The van der Waals surface area contributed by atoms with Gasteiger partial charge in [0.15, 0.2) is 5.82 Å². The molecule has 2 aliphatic heterocycles. The van der Waals surface area contributed by atoms with Gasteiger partial charge in [-0.05, 0) is 31.5 Å². The molecule has 196 valence electrons. The number of anilines is 1. The number of aryl methyl sites for hydroxylation is 1. The summed E-state index contributed by atoms with van der Waals surface area (Å²) >= 11 is 0. The summed E-state index contributed by atoms with van der Waals surface area (Å²) in [6.07, 6.45) is -3.83. The zero-order valence-corrected chi connectivity index (χ0v) is 19.8. The van der Waals surface area contributed by atoms with Crippen LogP contribution in [0.4, 0.5) is 23.4 Å². The number of halogens is 4. The highest BCUT2D eigenvalue weighted by atomic mass is 19.4. The normalized spacial score (nSPS) is 21.9. The van der Waals surface area contributed by atoms with Gasteiger partial charge in [-0.15, -0.1) is 0 Å². The molecule has 0 saturated carbocycles. The number of nitrogens with zero attached hydrogens (tertiary/aromatic N) is 6. The Bertz CT molecular complexity index is 1420. The molecule has 1 fully saturated rings. The van der Waals surface area contributed by atoms with Gasteiger partial charge in [-0.1, -0.05) is 0 Å². The first kappa shape index (κ1) is 24.9. The highest BCUT2D eigenvalue weighted by molar-refractivity contribution is 5.98. The number of aliphatic hydroxyl groups is 1. The topological polar surface area (TPSA) is 130 Å². The second kappa shape index (κ2) is 8.36. The molecule has 5 rings (SSSR count). The SMILES string of the molecule is Cc1cc(-c2cnc3c(c2)C(=O)N(C2CN(C(=O)C(C)(O)C(F)(F)F)CC2F)CC3)n2ncnc(N)c12. The smallest absolute Gasteiger partial charge is 0.382 e. The lowest BCUT2D eigenvalue weighted by Crippen LogP contribution is -2.56. The van der Waals surface area contributed by atoms with E-state index in [-0.39, 0.29) is 17.9 Å². The highest BCUT2D eigenvalue weighted by Crippen LogP contribution is 2.35. The molecule has 3 aromatic rings. The maximum atomic E-state index is 15.0. The predicted octanol–water partition coefficient (Wildman–Crippen LogP) is 1.54.